The quantitative estimate of drug-likeness (QED) is 0.460. The highest BCUT2D eigenvalue weighted by Gasteiger charge is 2.43. The molecule has 3 heterocycles. The van der Waals surface area contributed by atoms with Crippen LogP contribution in [0.15, 0.2) is 36.7 Å². The number of benzene rings is 1. The Balaban J connectivity index is 0.000000317. The molecule has 216 valence electrons. The van der Waals surface area contributed by atoms with Crippen LogP contribution < -0.4 is 5.32 Å². The Kier molecular flexibility index (Phi) is 10.9. The van der Waals surface area contributed by atoms with Gasteiger partial charge < -0.3 is 20.3 Å². The van der Waals surface area contributed by atoms with Gasteiger partial charge in [0.15, 0.2) is 11.6 Å². The molecule has 2 aromatic rings. The second-order valence-electron chi connectivity index (χ2n) is 8.30. The monoisotopic (exact) mass is 574 g/mol. The van der Waals surface area contributed by atoms with E-state index < -0.39 is 35.9 Å². The highest BCUT2D eigenvalue weighted by Crippen LogP contribution is 2.34. The maximum absolute atomic E-state index is 13.4. The molecule has 0 bridgehead atoms. The number of nitrogens with zero attached hydrogens (tertiary/aromatic N) is 3. The van der Waals surface area contributed by atoms with E-state index in [1.54, 1.807) is 24.5 Å². The van der Waals surface area contributed by atoms with Crippen molar-refractivity contribution in [2.45, 2.75) is 25.0 Å². The number of hydrogen-bond acceptors (Lipinski definition) is 7. The van der Waals surface area contributed by atoms with Crippen molar-refractivity contribution in [3.63, 3.8) is 0 Å². The van der Waals surface area contributed by atoms with Crippen LogP contribution in [0.5, 0.6) is 0 Å². The molecule has 0 aliphatic carbocycles. The van der Waals surface area contributed by atoms with Gasteiger partial charge in [0.05, 0.1) is 12.7 Å². The van der Waals surface area contributed by atoms with Gasteiger partial charge in [0.2, 0.25) is 5.95 Å². The zero-order valence-electron chi connectivity index (χ0n) is 19.7. The molecule has 39 heavy (non-hydrogen) atoms. The van der Waals surface area contributed by atoms with E-state index in [9.17, 15) is 35.1 Å². The third-order valence-corrected chi connectivity index (χ3v) is 5.48. The molecule has 4 rings (SSSR count). The van der Waals surface area contributed by atoms with E-state index >= 15 is 0 Å². The largest absolute Gasteiger partial charge is 0.490 e. The summed E-state index contributed by atoms with van der Waals surface area (Å²) in [5.74, 6) is -5.66. The minimum Gasteiger partial charge on any atom is -0.475 e. The van der Waals surface area contributed by atoms with Gasteiger partial charge in [-0.25, -0.2) is 28.3 Å². The van der Waals surface area contributed by atoms with Gasteiger partial charge in [0.25, 0.3) is 0 Å². The van der Waals surface area contributed by atoms with E-state index in [1.165, 1.54) is 12.1 Å². The number of aliphatic carboxylic acids is 2. The average Bonchev–Trinajstić information content (AvgIpc) is 3.41. The van der Waals surface area contributed by atoms with Crippen LogP contribution in [0, 0.1) is 23.5 Å². The van der Waals surface area contributed by atoms with Crippen LogP contribution in [-0.2, 0) is 20.9 Å². The van der Waals surface area contributed by atoms with Crippen LogP contribution >= 0.6 is 0 Å². The molecule has 3 atom stereocenters. The SMILES string of the molecule is Fc1ccc(CN2C[C@@H]3[C@@H](CNc4ncccn4)CO[C@@H]3C2)cc1F.O=C(O)C(F)(F)F.O=C(O)C(F)(F)F. The number of carboxylic acid groups (broad SMARTS) is 2. The van der Waals surface area contributed by atoms with E-state index in [2.05, 4.69) is 20.2 Å². The van der Waals surface area contributed by atoms with Crippen molar-refractivity contribution in [2.75, 3.05) is 31.6 Å². The van der Waals surface area contributed by atoms with Gasteiger partial charge in [-0.3, -0.25) is 4.90 Å². The Hall–Kier alpha value is -3.60. The van der Waals surface area contributed by atoms with Crippen LogP contribution in [0.4, 0.5) is 41.1 Å². The number of carboxylic acids is 2. The molecule has 1 aromatic carbocycles. The second kappa shape index (κ2) is 13.5. The molecule has 9 nitrogen and oxygen atoms in total. The molecule has 2 fully saturated rings. The molecule has 0 amide bonds. The number of ether oxygens (including phenoxy) is 1. The van der Waals surface area contributed by atoms with Crippen molar-refractivity contribution in [1.82, 2.24) is 14.9 Å². The molecule has 0 unspecified atom stereocenters. The molecule has 2 aliphatic heterocycles. The second-order valence-corrected chi connectivity index (χ2v) is 8.30. The first-order chi connectivity index (χ1) is 18.1. The fourth-order valence-corrected chi connectivity index (χ4v) is 3.73. The van der Waals surface area contributed by atoms with Gasteiger partial charge in [-0.2, -0.15) is 26.3 Å². The lowest BCUT2D eigenvalue weighted by Crippen LogP contribution is -2.27. The summed E-state index contributed by atoms with van der Waals surface area (Å²) < 4.78 is 95.8. The fourth-order valence-electron chi connectivity index (χ4n) is 3.73. The first kappa shape index (κ1) is 31.6. The first-order valence-corrected chi connectivity index (χ1v) is 11.0. The van der Waals surface area contributed by atoms with Crippen LogP contribution in [0.3, 0.4) is 0 Å². The first-order valence-electron chi connectivity index (χ1n) is 11.0. The zero-order chi connectivity index (χ0) is 29.4. The van der Waals surface area contributed by atoms with Crippen LogP contribution in [0.2, 0.25) is 0 Å². The number of likely N-dealkylation sites (tertiary alicyclic amines) is 1. The van der Waals surface area contributed by atoms with Crippen LogP contribution in [-0.4, -0.2) is 81.7 Å². The summed E-state index contributed by atoms with van der Waals surface area (Å²) in [5.41, 5.74) is 0.784. The number of alkyl halides is 6. The number of carbonyl (C=O) groups is 2. The Morgan fingerprint density at radius 3 is 2.05 bits per heavy atom. The number of anilines is 1. The maximum atomic E-state index is 13.4. The van der Waals surface area contributed by atoms with Crippen LogP contribution in [0.1, 0.15) is 5.56 Å². The van der Waals surface area contributed by atoms with Gasteiger partial charge in [0.1, 0.15) is 0 Å². The fraction of sp³-hybridized carbons (Fsp3) is 0.455. The topological polar surface area (TPSA) is 125 Å². The van der Waals surface area contributed by atoms with Crippen molar-refractivity contribution < 1.29 is 59.7 Å². The molecule has 0 spiro atoms. The minimum absolute atomic E-state index is 0.203. The minimum atomic E-state index is -5.08. The number of aromatic nitrogens is 2. The smallest absolute Gasteiger partial charge is 0.475 e. The average molecular weight is 574 g/mol. The summed E-state index contributed by atoms with van der Waals surface area (Å²) in [4.78, 5) is 28.4. The number of rotatable bonds is 5. The summed E-state index contributed by atoms with van der Waals surface area (Å²) in [6, 6.07) is 5.88. The Bertz CT molecular complexity index is 1080. The molecule has 1 aromatic heterocycles. The van der Waals surface area contributed by atoms with E-state index in [-0.39, 0.29) is 6.10 Å². The number of nitrogens with one attached hydrogen (secondary N) is 1. The summed E-state index contributed by atoms with van der Waals surface area (Å²) >= 11 is 0. The number of halogens is 8. The molecule has 3 N–H and O–H groups in total. The van der Waals surface area contributed by atoms with Gasteiger partial charge in [-0.1, -0.05) is 6.07 Å². The van der Waals surface area contributed by atoms with E-state index in [0.29, 0.717) is 24.3 Å². The third-order valence-electron chi connectivity index (χ3n) is 5.48. The highest BCUT2D eigenvalue weighted by molar-refractivity contribution is 5.73. The van der Waals surface area contributed by atoms with E-state index in [0.717, 1.165) is 31.8 Å². The van der Waals surface area contributed by atoms with Gasteiger partial charge >= 0.3 is 24.3 Å². The predicted octanol–water partition coefficient (Wildman–Crippen LogP) is 3.58. The van der Waals surface area contributed by atoms with Crippen LogP contribution in [0.25, 0.3) is 0 Å². The van der Waals surface area contributed by atoms with E-state index in [1.807, 2.05) is 0 Å². The summed E-state index contributed by atoms with van der Waals surface area (Å²) in [7, 11) is 0. The third kappa shape index (κ3) is 10.2. The standard InChI is InChI=1S/C18H20F2N4O.2C2HF3O2/c19-15-3-2-12(6-16(15)20)8-24-9-14-13(11-25-17(14)10-24)7-23-18-21-4-1-5-22-18;2*3-2(4,5)1(6)7/h1-6,13-14,17H,7-11H2,(H,21,22,23);2*(H,6,7)/t13-,14+,17+;;/m0../s1. The van der Waals surface area contributed by atoms with Crippen molar-refractivity contribution in [2.24, 2.45) is 11.8 Å². The molecular formula is C22H22F8N4O5. The summed E-state index contributed by atoms with van der Waals surface area (Å²) in [5, 5.41) is 17.5. The number of hydrogen-bond donors (Lipinski definition) is 3. The molecule has 2 saturated heterocycles. The lowest BCUT2D eigenvalue weighted by molar-refractivity contribution is -0.193. The Morgan fingerprint density at radius 2 is 1.54 bits per heavy atom. The zero-order valence-corrected chi connectivity index (χ0v) is 19.7. The van der Waals surface area contributed by atoms with Gasteiger partial charge in [-0.15, -0.1) is 0 Å². The molecule has 0 saturated carbocycles. The predicted molar refractivity (Wildman–Crippen MR) is 116 cm³/mol. The lowest BCUT2D eigenvalue weighted by Gasteiger charge is -2.20. The normalized spacial score (nSPS) is 20.7. The number of fused-ring (bicyclic) bond motifs is 1. The highest BCUT2D eigenvalue weighted by atomic mass is 19.4. The van der Waals surface area contributed by atoms with Gasteiger partial charge in [0, 0.05) is 50.4 Å². The molecule has 2 aliphatic rings. The Labute approximate surface area is 215 Å². The Morgan fingerprint density at radius 1 is 0.974 bits per heavy atom. The van der Waals surface area contributed by atoms with E-state index in [4.69, 9.17) is 24.5 Å². The molecule has 0 radical (unpaired) electrons. The summed E-state index contributed by atoms with van der Waals surface area (Å²) in [6.45, 7) is 3.82. The molecule has 17 heteroatoms. The van der Waals surface area contributed by atoms with Crippen molar-refractivity contribution in [3.8, 4) is 0 Å². The van der Waals surface area contributed by atoms with Gasteiger partial charge in [-0.05, 0) is 23.8 Å². The van der Waals surface area contributed by atoms with Crippen molar-refractivity contribution in [3.05, 3.63) is 53.9 Å². The van der Waals surface area contributed by atoms with Crippen molar-refractivity contribution in [1.29, 1.82) is 0 Å². The lowest BCUT2D eigenvalue weighted by atomic mass is 9.93. The molecular weight excluding hydrogens is 552 g/mol. The summed E-state index contributed by atoms with van der Waals surface area (Å²) in [6.07, 6.45) is -6.54. The maximum Gasteiger partial charge on any atom is 0.490 e. The van der Waals surface area contributed by atoms with Crippen molar-refractivity contribution >= 4 is 17.9 Å².